The molecule has 0 spiro atoms. The highest BCUT2D eigenvalue weighted by Gasteiger charge is 2.43. The van der Waals surface area contributed by atoms with Crippen LogP contribution >= 0.6 is 36.6 Å². The molecule has 14 aromatic rings. The zero-order valence-electron chi connectivity index (χ0n) is 65.3. The predicted molar refractivity (Wildman–Crippen MR) is 465 cm³/mol. The highest BCUT2D eigenvalue weighted by atomic mass is 31.2. The van der Waals surface area contributed by atoms with Crippen LogP contribution in [0.3, 0.4) is 0 Å². The average Bonchev–Trinajstić information content (AvgIpc) is 0.732. The van der Waals surface area contributed by atoms with E-state index in [4.69, 9.17) is 51.6 Å². The first kappa shape index (κ1) is 82.6. The van der Waals surface area contributed by atoms with Gasteiger partial charge >= 0.3 is 52.2 Å². The van der Waals surface area contributed by atoms with Gasteiger partial charge in [0.05, 0.1) is 62.8 Å². The molecular formula is C95H73O21P5. The monoisotopic (exact) mass is 1700 g/mol. The summed E-state index contributed by atoms with van der Waals surface area (Å²) < 4.78 is 123. The molecule has 0 saturated heterocycles. The number of carbonyl (C=O) groups is 5. The van der Waals surface area contributed by atoms with Gasteiger partial charge in [0.1, 0.15) is 66.9 Å². The van der Waals surface area contributed by atoms with Crippen LogP contribution in [0.25, 0.3) is 22.3 Å². The van der Waals surface area contributed by atoms with Crippen LogP contribution < -0.4 is 84.4 Å². The number of benzene rings is 14. The van der Waals surface area contributed by atoms with Gasteiger partial charge in [-0.1, -0.05) is 176 Å². The lowest BCUT2D eigenvalue weighted by atomic mass is 10.0. The van der Waals surface area contributed by atoms with Crippen LogP contribution in [0.1, 0.15) is 62.9 Å². The van der Waals surface area contributed by atoms with Gasteiger partial charge in [-0.3, -0.25) is 9.13 Å². The number of fused-ring (bicyclic) bond motifs is 6. The van der Waals surface area contributed by atoms with Crippen molar-refractivity contribution in [1.29, 1.82) is 0 Å². The summed E-state index contributed by atoms with van der Waals surface area (Å²) in [6.07, 6.45) is 0. The Labute approximate surface area is 696 Å². The van der Waals surface area contributed by atoms with Gasteiger partial charge in [-0.15, -0.1) is 0 Å². The SMILES string of the molecule is COC(=O)c1ccc(P(C)(=O)c2ccc(COOc3ccc(OP(C)(=O)Oc4ccc(OC(=O)c5ccccc5)cc4)cc3)cc2)cc1.Cc1ccc(OC(=O)c2ccc(P(C)(=O)c3ccc(C(=O)Oc4ccc(OC(=O)c5ccccc5)c(P5(=O)Oc6ccccc6-c6ccccc65)c4)cc3)cc2)c(P2(=O)Oc3ccccc3-c3ccccc32)c1. The number of aryl methyl sites for hydroxylation is 1. The Balaban J connectivity index is 0.000000206. The molecule has 5 unspecified atom stereocenters. The van der Waals surface area contributed by atoms with E-state index in [0.717, 1.165) is 27.8 Å². The maximum Gasteiger partial charge on any atom is 0.427 e. The number of hydrogen-bond acceptors (Lipinski definition) is 21. The molecular weight excluding hydrogens is 1630 g/mol. The van der Waals surface area contributed by atoms with Crippen LogP contribution in [0, 0.1) is 6.92 Å². The van der Waals surface area contributed by atoms with Crippen molar-refractivity contribution in [1.82, 2.24) is 0 Å². The number of ether oxygens (including phenoxy) is 5. The van der Waals surface area contributed by atoms with Crippen molar-refractivity contribution < 1.29 is 98.4 Å². The van der Waals surface area contributed by atoms with E-state index in [1.807, 2.05) is 61.5 Å². The molecule has 604 valence electrons. The molecule has 26 heteroatoms. The molecule has 0 fully saturated rings. The first-order valence-corrected chi connectivity index (χ1v) is 47.2. The van der Waals surface area contributed by atoms with Crippen molar-refractivity contribution in [2.75, 3.05) is 27.1 Å². The maximum absolute atomic E-state index is 15.4. The first-order valence-electron chi connectivity index (χ1n) is 37.7. The first-order chi connectivity index (χ1) is 58.3. The fourth-order valence-electron chi connectivity index (χ4n) is 13.4. The van der Waals surface area contributed by atoms with Crippen molar-refractivity contribution in [3.05, 3.63) is 379 Å². The quantitative estimate of drug-likeness (QED) is 0.0189. The third-order valence-corrected chi connectivity index (χ3v) is 30.9. The Morgan fingerprint density at radius 2 is 0.661 bits per heavy atom. The lowest BCUT2D eigenvalue weighted by Crippen LogP contribution is -2.27. The number of rotatable bonds is 23. The molecule has 0 saturated carbocycles. The highest BCUT2D eigenvalue weighted by Crippen LogP contribution is 2.58. The van der Waals surface area contributed by atoms with Gasteiger partial charge < -0.3 is 55.8 Å². The molecule has 0 amide bonds. The third-order valence-electron chi connectivity index (χ3n) is 19.7. The van der Waals surface area contributed by atoms with Gasteiger partial charge in [-0.25, -0.2) is 28.5 Å². The van der Waals surface area contributed by atoms with Crippen LogP contribution in [0.4, 0.5) is 0 Å². The van der Waals surface area contributed by atoms with Crippen LogP contribution in [0.5, 0.6) is 51.7 Å². The van der Waals surface area contributed by atoms with Crippen molar-refractivity contribution in [3.63, 3.8) is 0 Å². The van der Waals surface area contributed by atoms with E-state index in [2.05, 4.69) is 0 Å². The van der Waals surface area contributed by atoms with E-state index in [1.54, 1.807) is 232 Å². The number of para-hydroxylation sites is 2. The second kappa shape index (κ2) is 35.2. The minimum absolute atomic E-state index is 0.00440. The molecule has 2 heterocycles. The number of esters is 5. The summed E-state index contributed by atoms with van der Waals surface area (Å²) in [6, 6.07) is 93.8. The average molecular weight is 1710 g/mol. The molecule has 14 aromatic carbocycles. The van der Waals surface area contributed by atoms with Crippen LogP contribution in [0.15, 0.2) is 340 Å². The lowest BCUT2D eigenvalue weighted by molar-refractivity contribution is -0.217. The molecule has 21 nitrogen and oxygen atoms in total. The minimum Gasteiger partial charge on any atom is -0.465 e. The fourth-order valence-corrected chi connectivity index (χ4v) is 22.8. The molecule has 0 aliphatic carbocycles. The summed E-state index contributed by atoms with van der Waals surface area (Å²) in [7, 11) is -16.3. The number of methoxy groups -OCH3 is 1. The molecule has 16 rings (SSSR count). The second-order valence-corrected chi connectivity index (χ2v) is 40.3. The van der Waals surface area contributed by atoms with E-state index in [1.165, 1.54) is 80.5 Å². The topological polar surface area (TPSA) is 272 Å². The largest absolute Gasteiger partial charge is 0.465 e. The normalized spacial score (nSPS) is 15.4. The smallest absolute Gasteiger partial charge is 0.427 e. The molecule has 0 radical (unpaired) electrons. The molecule has 2 aliphatic heterocycles. The number of hydrogen-bond donors (Lipinski definition) is 0. The van der Waals surface area contributed by atoms with E-state index in [0.29, 0.717) is 77.3 Å². The van der Waals surface area contributed by atoms with Crippen molar-refractivity contribution in [3.8, 4) is 74.0 Å². The number of carbonyl (C=O) groups excluding carboxylic acids is 5. The van der Waals surface area contributed by atoms with Gasteiger partial charge in [0.2, 0.25) is 0 Å². The molecule has 0 bridgehead atoms. The van der Waals surface area contributed by atoms with E-state index in [9.17, 15) is 37.7 Å². The van der Waals surface area contributed by atoms with Crippen LogP contribution in [-0.4, -0.2) is 57.0 Å². The van der Waals surface area contributed by atoms with E-state index in [-0.39, 0.29) is 56.9 Å². The second-order valence-electron chi connectivity index (χ2n) is 28.1. The Morgan fingerprint density at radius 3 is 1.11 bits per heavy atom. The Kier molecular flexibility index (Phi) is 24.1. The van der Waals surface area contributed by atoms with E-state index >= 15 is 9.13 Å². The van der Waals surface area contributed by atoms with Crippen molar-refractivity contribution >= 4 is 109 Å². The molecule has 0 N–H and O–H groups in total. The summed E-state index contributed by atoms with van der Waals surface area (Å²) >= 11 is 0. The Hall–Kier alpha value is -13.5. The maximum atomic E-state index is 15.4. The van der Waals surface area contributed by atoms with Gasteiger partial charge in [0.25, 0.3) is 0 Å². The summed E-state index contributed by atoms with van der Waals surface area (Å²) in [5.41, 5.74) is 5.98. The van der Waals surface area contributed by atoms with Gasteiger partial charge in [-0.2, -0.15) is 4.89 Å². The summed E-state index contributed by atoms with van der Waals surface area (Å²) in [5.74, 6) is -0.961. The van der Waals surface area contributed by atoms with E-state index < -0.39 is 66.5 Å². The summed E-state index contributed by atoms with van der Waals surface area (Å²) in [4.78, 5) is 75.6. The Bertz CT molecular complexity index is 6550. The Morgan fingerprint density at radius 1 is 0.322 bits per heavy atom. The molecule has 2 aliphatic rings. The minimum atomic E-state index is -4.07. The van der Waals surface area contributed by atoms with Crippen molar-refractivity contribution in [2.45, 2.75) is 13.5 Å². The fraction of sp³-hybridized carbons (Fsp3) is 0.0632. The van der Waals surface area contributed by atoms with Gasteiger partial charge in [0, 0.05) is 32.3 Å². The molecule has 121 heavy (non-hydrogen) atoms. The van der Waals surface area contributed by atoms with Crippen LogP contribution in [-0.2, 0) is 39.1 Å². The lowest BCUT2D eigenvalue weighted by Gasteiger charge is -2.29. The molecule has 5 atom stereocenters. The van der Waals surface area contributed by atoms with Gasteiger partial charge in [-0.05, 0) is 206 Å². The highest BCUT2D eigenvalue weighted by molar-refractivity contribution is 7.78. The van der Waals surface area contributed by atoms with Crippen molar-refractivity contribution in [2.24, 2.45) is 0 Å². The predicted octanol–water partition coefficient (Wildman–Crippen LogP) is 18.6. The zero-order chi connectivity index (χ0) is 84.6. The van der Waals surface area contributed by atoms with Crippen LogP contribution in [0.2, 0.25) is 0 Å². The summed E-state index contributed by atoms with van der Waals surface area (Å²) in [5, 5.41) is 3.29. The third kappa shape index (κ3) is 18.3. The van der Waals surface area contributed by atoms with Gasteiger partial charge in [0.15, 0.2) is 5.75 Å². The summed E-state index contributed by atoms with van der Waals surface area (Å²) in [6.45, 7) is 6.59. The standard InChI is InChI=1S/C59H41O11P3.C36H32O10P2/c1-38-24-34-51(55(36-38)72(64)53-22-12-8-18-47(53)45-16-6-10-20-49(45)69-72)67-59(62)41-27-32-44(33-28-41)71(2,63)43-30-25-40(26-31-43)57(60)66-42-29-35-52(68-58(61)39-14-4-3-5-15-39)56(37-42)73(65)54-23-13-9-19-48(54)46-17-7-11-21-50(46)70-73;1-41-35(37)28-11-23-34(24-12-28)47(2,39)33-21-9-26(10-22-33)25-42-44-30-15-19-32(20-16-30)46-48(3,40)45-31-17-13-29(14-18-31)43-36(38)27-7-5-4-6-8-27/h3-37H,1-2H3;4-24H,25H2,1-3H3. The zero-order valence-corrected chi connectivity index (χ0v) is 69.8. The molecule has 0 aromatic heterocycles.